The van der Waals surface area contributed by atoms with Gasteiger partial charge in [0, 0.05) is 11.2 Å². The molecule has 0 spiro atoms. The Balaban J connectivity index is 2.72. The number of hydrogen-bond acceptors (Lipinski definition) is 4. The molecule has 0 heterocycles. The molecule has 0 aliphatic carbocycles. The lowest BCUT2D eigenvalue weighted by molar-refractivity contribution is -0.148. The molecule has 0 aliphatic rings. The minimum atomic E-state index is -0.937. The normalized spacial score (nSPS) is 14.1. The second-order valence-electron chi connectivity index (χ2n) is 12.5. The van der Waals surface area contributed by atoms with Crippen molar-refractivity contribution >= 4 is 23.6 Å². The SMILES string of the molecule is CCC(C)C(NC(=O)OC(C)(C)C)C(=O)N(C(C(=O)Nc1ccccc1C)c1cc(C)cc(C)c1)C(C)(C)CC. The van der Waals surface area contributed by atoms with Gasteiger partial charge in [-0.25, -0.2) is 4.79 Å². The summed E-state index contributed by atoms with van der Waals surface area (Å²) in [5.41, 5.74) is 2.89. The van der Waals surface area contributed by atoms with Crippen LogP contribution < -0.4 is 10.6 Å². The maximum atomic E-state index is 14.6. The second kappa shape index (κ2) is 13.3. The number of rotatable bonds is 10. The number of alkyl carbamates (subject to hydrolysis) is 1. The largest absolute Gasteiger partial charge is 0.444 e. The Bertz CT molecular complexity index is 1180. The number of ether oxygens (including phenoxy) is 1. The third-order valence-electron chi connectivity index (χ3n) is 7.38. The maximum Gasteiger partial charge on any atom is 0.408 e. The van der Waals surface area contributed by atoms with Crippen LogP contribution in [0.25, 0.3) is 0 Å². The van der Waals surface area contributed by atoms with E-state index in [1.807, 2.05) is 97.9 Å². The van der Waals surface area contributed by atoms with Crippen LogP contribution in [0.15, 0.2) is 42.5 Å². The van der Waals surface area contributed by atoms with Gasteiger partial charge in [0.05, 0.1) is 0 Å². The Morgan fingerprint density at radius 2 is 1.50 bits per heavy atom. The predicted molar refractivity (Wildman–Crippen MR) is 162 cm³/mol. The van der Waals surface area contributed by atoms with Crippen LogP contribution in [0.1, 0.15) is 96.5 Å². The van der Waals surface area contributed by atoms with E-state index in [0.717, 1.165) is 22.3 Å². The molecule has 3 unspecified atom stereocenters. The van der Waals surface area contributed by atoms with Gasteiger partial charge in [0.25, 0.3) is 5.91 Å². The van der Waals surface area contributed by atoms with Crippen molar-refractivity contribution in [3.05, 3.63) is 64.7 Å². The lowest BCUT2D eigenvalue weighted by atomic mass is 9.88. The van der Waals surface area contributed by atoms with Gasteiger partial charge in [-0.2, -0.15) is 0 Å². The van der Waals surface area contributed by atoms with E-state index in [1.165, 1.54) is 0 Å². The molecule has 220 valence electrons. The number of hydrogen-bond donors (Lipinski definition) is 2. The first-order chi connectivity index (χ1) is 18.5. The molecule has 2 aromatic rings. The Labute approximate surface area is 241 Å². The quantitative estimate of drug-likeness (QED) is 0.326. The molecule has 0 saturated heterocycles. The molecule has 3 atom stereocenters. The minimum absolute atomic E-state index is 0.200. The molecule has 3 amide bonds. The van der Waals surface area contributed by atoms with Crippen LogP contribution in [0.5, 0.6) is 0 Å². The van der Waals surface area contributed by atoms with Gasteiger partial charge in [-0.1, -0.05) is 74.7 Å². The summed E-state index contributed by atoms with van der Waals surface area (Å²) in [7, 11) is 0. The summed E-state index contributed by atoms with van der Waals surface area (Å²) in [4.78, 5) is 43.4. The lowest BCUT2D eigenvalue weighted by Gasteiger charge is -2.45. The van der Waals surface area contributed by atoms with Crippen molar-refractivity contribution < 1.29 is 19.1 Å². The molecule has 40 heavy (non-hydrogen) atoms. The Kier molecular flexibility index (Phi) is 11.0. The van der Waals surface area contributed by atoms with Crippen LogP contribution in [-0.4, -0.2) is 40.0 Å². The number of nitrogens with zero attached hydrogens (tertiary/aromatic N) is 1. The van der Waals surface area contributed by atoms with Crippen LogP contribution in [0.4, 0.5) is 10.5 Å². The van der Waals surface area contributed by atoms with E-state index < -0.39 is 29.3 Å². The molecule has 0 bridgehead atoms. The highest BCUT2D eigenvalue weighted by Crippen LogP contribution is 2.35. The molecule has 0 aromatic heterocycles. The number of benzene rings is 2. The van der Waals surface area contributed by atoms with Gasteiger partial charge in [-0.3, -0.25) is 9.59 Å². The van der Waals surface area contributed by atoms with E-state index in [9.17, 15) is 14.4 Å². The van der Waals surface area contributed by atoms with Gasteiger partial charge in [-0.15, -0.1) is 0 Å². The Morgan fingerprint density at radius 3 is 2.00 bits per heavy atom. The number of para-hydroxylation sites is 1. The zero-order chi connectivity index (χ0) is 30.4. The van der Waals surface area contributed by atoms with Crippen molar-refractivity contribution in [3.63, 3.8) is 0 Å². The molecule has 2 aromatic carbocycles. The first-order valence-corrected chi connectivity index (χ1v) is 14.3. The molecule has 0 fully saturated rings. The van der Waals surface area contributed by atoms with E-state index in [4.69, 9.17) is 4.74 Å². The van der Waals surface area contributed by atoms with E-state index in [-0.39, 0.29) is 17.7 Å². The third kappa shape index (κ3) is 8.57. The van der Waals surface area contributed by atoms with E-state index in [0.29, 0.717) is 18.5 Å². The molecule has 7 nitrogen and oxygen atoms in total. The van der Waals surface area contributed by atoms with Gasteiger partial charge >= 0.3 is 6.09 Å². The Hall–Kier alpha value is -3.35. The maximum absolute atomic E-state index is 14.6. The van der Waals surface area contributed by atoms with Gasteiger partial charge in [0.2, 0.25) is 5.91 Å². The average molecular weight is 552 g/mol. The van der Waals surface area contributed by atoms with Crippen molar-refractivity contribution in [2.24, 2.45) is 5.92 Å². The molecule has 0 radical (unpaired) electrons. The van der Waals surface area contributed by atoms with Crippen molar-refractivity contribution in [1.29, 1.82) is 0 Å². The fraction of sp³-hybridized carbons (Fsp3) is 0.545. The molecule has 2 N–H and O–H groups in total. The average Bonchev–Trinajstić information content (AvgIpc) is 2.84. The van der Waals surface area contributed by atoms with Gasteiger partial charge < -0.3 is 20.3 Å². The zero-order valence-corrected chi connectivity index (χ0v) is 26.3. The number of carbonyl (C=O) groups excluding carboxylic acids is 3. The van der Waals surface area contributed by atoms with Crippen molar-refractivity contribution in [2.75, 3.05) is 5.32 Å². The van der Waals surface area contributed by atoms with Gasteiger partial charge in [0.15, 0.2) is 0 Å². The highest BCUT2D eigenvalue weighted by atomic mass is 16.6. The first-order valence-electron chi connectivity index (χ1n) is 14.3. The monoisotopic (exact) mass is 551 g/mol. The standard InChI is InChI=1S/C33H49N3O4/c1-12-23(5)27(35-31(39)40-32(7,8)9)30(38)36(33(10,11)13-2)28(25-19-21(3)18-22(4)20-25)29(37)34-26-17-15-14-16-24(26)6/h14-20,23,27-28H,12-13H2,1-11H3,(H,34,37)(H,35,39). The summed E-state index contributed by atoms with van der Waals surface area (Å²) in [5.74, 6) is -0.833. The van der Waals surface area contributed by atoms with Crippen LogP contribution in [0.3, 0.4) is 0 Å². The fourth-order valence-corrected chi connectivity index (χ4v) is 4.71. The number of carbonyl (C=O) groups is 3. The summed E-state index contributed by atoms with van der Waals surface area (Å²) in [6, 6.07) is 11.7. The molecule has 0 saturated carbocycles. The van der Waals surface area contributed by atoms with Crippen molar-refractivity contribution in [1.82, 2.24) is 10.2 Å². The van der Waals surface area contributed by atoms with Crippen LogP contribution in [-0.2, 0) is 14.3 Å². The van der Waals surface area contributed by atoms with Crippen molar-refractivity contribution in [2.45, 2.75) is 112 Å². The number of anilines is 1. The van der Waals surface area contributed by atoms with Crippen LogP contribution in [0, 0.1) is 26.7 Å². The van der Waals surface area contributed by atoms with Gasteiger partial charge in [-0.05, 0) is 84.9 Å². The van der Waals surface area contributed by atoms with Crippen LogP contribution >= 0.6 is 0 Å². The smallest absolute Gasteiger partial charge is 0.408 e. The first kappa shape index (κ1) is 32.9. The molecule has 7 heteroatoms. The summed E-state index contributed by atoms with van der Waals surface area (Å²) in [6.45, 7) is 21.1. The Morgan fingerprint density at radius 1 is 0.925 bits per heavy atom. The zero-order valence-electron chi connectivity index (χ0n) is 26.3. The summed E-state index contributed by atoms with van der Waals surface area (Å²) >= 11 is 0. The van der Waals surface area contributed by atoms with Gasteiger partial charge in [0.1, 0.15) is 17.7 Å². The van der Waals surface area contributed by atoms with E-state index in [2.05, 4.69) is 10.6 Å². The molecular formula is C33H49N3O4. The molecular weight excluding hydrogens is 502 g/mol. The minimum Gasteiger partial charge on any atom is -0.444 e. The summed E-state index contributed by atoms with van der Waals surface area (Å²) in [6.07, 6.45) is 0.584. The van der Waals surface area contributed by atoms with Crippen LogP contribution in [0.2, 0.25) is 0 Å². The lowest BCUT2D eigenvalue weighted by Crippen LogP contribution is -2.60. The fourth-order valence-electron chi connectivity index (χ4n) is 4.71. The number of amides is 3. The number of nitrogens with one attached hydrogen (secondary N) is 2. The van der Waals surface area contributed by atoms with E-state index >= 15 is 0 Å². The number of aryl methyl sites for hydroxylation is 3. The highest BCUT2D eigenvalue weighted by molar-refractivity contribution is 5.99. The molecule has 0 aliphatic heterocycles. The highest BCUT2D eigenvalue weighted by Gasteiger charge is 2.44. The van der Waals surface area contributed by atoms with E-state index in [1.54, 1.807) is 25.7 Å². The topological polar surface area (TPSA) is 87.7 Å². The summed E-state index contributed by atoms with van der Waals surface area (Å²) < 4.78 is 5.52. The predicted octanol–water partition coefficient (Wildman–Crippen LogP) is 7.25. The second-order valence-corrected chi connectivity index (χ2v) is 12.5. The molecule has 2 rings (SSSR count). The third-order valence-corrected chi connectivity index (χ3v) is 7.38. The summed E-state index contributed by atoms with van der Waals surface area (Å²) in [5, 5.41) is 5.93. The van der Waals surface area contributed by atoms with Crippen molar-refractivity contribution in [3.8, 4) is 0 Å².